The van der Waals surface area contributed by atoms with E-state index in [0.29, 0.717) is 12.5 Å². The van der Waals surface area contributed by atoms with E-state index in [1.54, 1.807) is 0 Å². The van der Waals surface area contributed by atoms with Crippen molar-refractivity contribution in [3.8, 4) is 0 Å². The van der Waals surface area contributed by atoms with E-state index in [0.717, 1.165) is 32.4 Å². The van der Waals surface area contributed by atoms with Crippen molar-refractivity contribution in [3.63, 3.8) is 0 Å². The Labute approximate surface area is 104 Å². The lowest BCUT2D eigenvalue weighted by Gasteiger charge is -2.28. The van der Waals surface area contributed by atoms with Crippen molar-refractivity contribution in [1.82, 2.24) is 10.2 Å². The second kappa shape index (κ2) is 6.82. The number of hydrogen-bond donors (Lipinski definition) is 1. The predicted molar refractivity (Wildman–Crippen MR) is 60.2 cm³/mol. The van der Waals surface area contributed by atoms with Crippen LogP contribution in [-0.2, 0) is 4.74 Å². The molecule has 1 amide bonds. The lowest BCUT2D eigenvalue weighted by Crippen LogP contribution is -2.33. The fourth-order valence-electron chi connectivity index (χ4n) is 1.93. The summed E-state index contributed by atoms with van der Waals surface area (Å²) in [6.07, 6.45) is -2.55. The third-order valence-corrected chi connectivity index (χ3v) is 3.03. The van der Waals surface area contributed by atoms with Gasteiger partial charge in [0.15, 0.2) is 6.61 Å². The summed E-state index contributed by atoms with van der Waals surface area (Å²) >= 11 is 0. The first kappa shape index (κ1) is 15.1. The second-order valence-electron chi connectivity index (χ2n) is 4.65. The van der Waals surface area contributed by atoms with Crippen LogP contribution in [0.25, 0.3) is 0 Å². The van der Waals surface area contributed by atoms with Crippen LogP contribution in [-0.4, -0.2) is 50.5 Å². The van der Waals surface area contributed by atoms with Gasteiger partial charge in [0.05, 0.1) is 0 Å². The number of amides is 1. The van der Waals surface area contributed by atoms with Gasteiger partial charge >= 0.3 is 12.3 Å². The third-order valence-electron chi connectivity index (χ3n) is 3.03. The minimum absolute atomic E-state index is 0.366. The van der Waals surface area contributed by atoms with E-state index >= 15 is 0 Å². The molecular formula is C11H19F3N2O2. The van der Waals surface area contributed by atoms with Crippen LogP contribution >= 0.6 is 0 Å². The Hall–Kier alpha value is -0.980. The second-order valence-corrected chi connectivity index (χ2v) is 4.65. The molecule has 106 valence electrons. The Balaban J connectivity index is 2.05. The Morgan fingerprint density at radius 2 is 2.00 bits per heavy atom. The number of carbonyl (C=O) groups is 1. The normalized spacial score (nSPS) is 18.7. The minimum atomic E-state index is -4.47. The summed E-state index contributed by atoms with van der Waals surface area (Å²) in [5.74, 6) is 0.532. The number of ether oxygens (including phenoxy) is 1. The summed E-state index contributed by atoms with van der Waals surface area (Å²) in [5, 5.41) is 2.34. The number of carbonyl (C=O) groups excluding carboxylic acids is 1. The molecule has 0 aromatic carbocycles. The molecule has 0 aromatic rings. The van der Waals surface area contributed by atoms with Crippen molar-refractivity contribution in [2.75, 3.05) is 33.3 Å². The molecule has 1 fully saturated rings. The number of likely N-dealkylation sites (tertiary alicyclic amines) is 1. The number of alkyl carbamates (subject to hydrolysis) is 1. The Bertz CT molecular complexity index is 264. The maximum Gasteiger partial charge on any atom is 0.422 e. The standard InChI is InChI=1S/C11H19F3N2O2/c1-16-6-3-9(4-7-16)2-5-15-10(17)18-8-11(12,13)14/h9H,2-8H2,1H3,(H,15,17). The first-order valence-corrected chi connectivity index (χ1v) is 6.03. The van der Waals surface area contributed by atoms with E-state index in [4.69, 9.17) is 0 Å². The molecule has 4 nitrogen and oxygen atoms in total. The molecule has 7 heteroatoms. The van der Waals surface area contributed by atoms with Crippen molar-refractivity contribution >= 4 is 6.09 Å². The summed E-state index contributed by atoms with van der Waals surface area (Å²) in [6, 6.07) is 0. The van der Waals surface area contributed by atoms with Crippen LogP contribution in [0, 0.1) is 5.92 Å². The highest BCUT2D eigenvalue weighted by Gasteiger charge is 2.29. The van der Waals surface area contributed by atoms with Crippen LogP contribution in [0.2, 0.25) is 0 Å². The maximum atomic E-state index is 11.8. The molecule has 1 saturated heterocycles. The van der Waals surface area contributed by atoms with Gasteiger partial charge in [-0.2, -0.15) is 13.2 Å². The summed E-state index contributed by atoms with van der Waals surface area (Å²) in [7, 11) is 2.06. The van der Waals surface area contributed by atoms with Crippen molar-refractivity contribution in [2.24, 2.45) is 5.92 Å². The molecule has 0 aromatic heterocycles. The summed E-state index contributed by atoms with van der Waals surface area (Å²) in [6.45, 7) is 0.893. The van der Waals surface area contributed by atoms with E-state index in [9.17, 15) is 18.0 Å². The molecule has 1 aliphatic heterocycles. The maximum absolute atomic E-state index is 11.8. The van der Waals surface area contributed by atoms with Gasteiger partial charge in [0, 0.05) is 6.54 Å². The molecule has 0 atom stereocenters. The number of rotatable bonds is 4. The smallest absolute Gasteiger partial charge is 0.422 e. The molecule has 0 spiro atoms. The molecule has 0 unspecified atom stereocenters. The SMILES string of the molecule is CN1CCC(CCNC(=O)OCC(F)(F)F)CC1. The highest BCUT2D eigenvalue weighted by atomic mass is 19.4. The third kappa shape index (κ3) is 6.68. The molecule has 0 aliphatic carbocycles. The molecule has 1 N–H and O–H groups in total. The average molecular weight is 268 g/mol. The van der Waals surface area contributed by atoms with Gasteiger partial charge in [-0.05, 0) is 45.3 Å². The van der Waals surface area contributed by atoms with Gasteiger partial charge in [0.1, 0.15) is 0 Å². The Morgan fingerprint density at radius 1 is 1.39 bits per heavy atom. The molecule has 0 bridgehead atoms. The number of alkyl halides is 3. The number of nitrogens with one attached hydrogen (secondary N) is 1. The molecule has 0 saturated carbocycles. The zero-order valence-corrected chi connectivity index (χ0v) is 10.4. The fraction of sp³-hybridized carbons (Fsp3) is 0.909. The van der Waals surface area contributed by atoms with Crippen LogP contribution in [0.4, 0.5) is 18.0 Å². The van der Waals surface area contributed by atoms with E-state index in [2.05, 4.69) is 22.0 Å². The summed E-state index contributed by atoms with van der Waals surface area (Å²) < 4.78 is 39.3. The zero-order valence-electron chi connectivity index (χ0n) is 10.4. The molecule has 1 rings (SSSR count). The van der Waals surface area contributed by atoms with E-state index in [1.807, 2.05) is 0 Å². The monoisotopic (exact) mass is 268 g/mol. The first-order chi connectivity index (χ1) is 8.37. The molecular weight excluding hydrogens is 249 g/mol. The van der Waals surface area contributed by atoms with Gasteiger partial charge in [-0.1, -0.05) is 0 Å². The van der Waals surface area contributed by atoms with E-state index < -0.39 is 18.9 Å². The van der Waals surface area contributed by atoms with Crippen molar-refractivity contribution in [2.45, 2.75) is 25.4 Å². The van der Waals surface area contributed by atoms with Crippen LogP contribution in [0.3, 0.4) is 0 Å². The Kier molecular flexibility index (Phi) is 5.71. The quantitative estimate of drug-likeness (QED) is 0.848. The summed E-state index contributed by atoms with van der Waals surface area (Å²) in [4.78, 5) is 13.2. The van der Waals surface area contributed by atoms with Crippen molar-refractivity contribution < 1.29 is 22.7 Å². The topological polar surface area (TPSA) is 41.6 Å². The van der Waals surface area contributed by atoms with Crippen LogP contribution in [0.15, 0.2) is 0 Å². The first-order valence-electron chi connectivity index (χ1n) is 6.03. The van der Waals surface area contributed by atoms with E-state index in [-0.39, 0.29) is 0 Å². The molecule has 1 heterocycles. The van der Waals surface area contributed by atoms with Gasteiger partial charge < -0.3 is 15.0 Å². The zero-order chi connectivity index (χ0) is 13.6. The Morgan fingerprint density at radius 3 is 2.56 bits per heavy atom. The lowest BCUT2D eigenvalue weighted by molar-refractivity contribution is -0.160. The van der Waals surface area contributed by atoms with Crippen LogP contribution in [0.5, 0.6) is 0 Å². The van der Waals surface area contributed by atoms with Crippen molar-refractivity contribution in [3.05, 3.63) is 0 Å². The van der Waals surface area contributed by atoms with Gasteiger partial charge in [-0.15, -0.1) is 0 Å². The molecule has 1 aliphatic rings. The van der Waals surface area contributed by atoms with Crippen LogP contribution in [0.1, 0.15) is 19.3 Å². The van der Waals surface area contributed by atoms with Gasteiger partial charge in [-0.3, -0.25) is 0 Å². The largest absolute Gasteiger partial charge is 0.440 e. The van der Waals surface area contributed by atoms with E-state index in [1.165, 1.54) is 0 Å². The summed E-state index contributed by atoms with van der Waals surface area (Å²) in [5.41, 5.74) is 0. The number of halogens is 3. The predicted octanol–water partition coefficient (Wildman–Crippen LogP) is 2.01. The molecule has 0 radical (unpaired) electrons. The fourth-order valence-corrected chi connectivity index (χ4v) is 1.93. The minimum Gasteiger partial charge on any atom is -0.440 e. The number of piperidine rings is 1. The lowest BCUT2D eigenvalue weighted by atomic mass is 9.94. The average Bonchev–Trinajstić information content (AvgIpc) is 2.28. The van der Waals surface area contributed by atoms with Gasteiger partial charge in [0.2, 0.25) is 0 Å². The van der Waals surface area contributed by atoms with Gasteiger partial charge in [-0.25, -0.2) is 4.79 Å². The number of hydrogen-bond acceptors (Lipinski definition) is 3. The van der Waals surface area contributed by atoms with Gasteiger partial charge in [0.25, 0.3) is 0 Å². The number of nitrogens with zero attached hydrogens (tertiary/aromatic N) is 1. The molecule has 18 heavy (non-hydrogen) atoms. The van der Waals surface area contributed by atoms with Crippen LogP contribution < -0.4 is 5.32 Å². The highest BCUT2D eigenvalue weighted by Crippen LogP contribution is 2.18. The highest BCUT2D eigenvalue weighted by molar-refractivity contribution is 5.67. The van der Waals surface area contributed by atoms with Crippen molar-refractivity contribution in [1.29, 1.82) is 0 Å².